The van der Waals surface area contributed by atoms with E-state index in [9.17, 15) is 8.42 Å². The fourth-order valence-corrected chi connectivity index (χ4v) is 5.08. The third kappa shape index (κ3) is 2.61. The summed E-state index contributed by atoms with van der Waals surface area (Å²) < 4.78 is 30.3. The lowest BCUT2D eigenvalue weighted by Gasteiger charge is -2.38. The second kappa shape index (κ2) is 5.93. The number of nitrogens with zero attached hydrogens (tertiary/aromatic N) is 4. The molecular formula is C18H24N4O2S. The number of hydrogen-bond donors (Lipinski definition) is 0. The smallest absolute Gasteiger partial charge is 0.281 e. The van der Waals surface area contributed by atoms with E-state index < -0.39 is 10.2 Å². The van der Waals surface area contributed by atoms with Crippen LogP contribution in [0, 0.1) is 5.92 Å². The van der Waals surface area contributed by atoms with Crippen molar-refractivity contribution in [2.45, 2.75) is 25.8 Å². The van der Waals surface area contributed by atoms with Crippen molar-refractivity contribution in [1.82, 2.24) is 18.2 Å². The molecule has 0 unspecified atom stereocenters. The second-order valence-electron chi connectivity index (χ2n) is 7.23. The van der Waals surface area contributed by atoms with Gasteiger partial charge in [0.25, 0.3) is 10.2 Å². The fraction of sp³-hybridized carbons (Fsp3) is 0.500. The molecule has 1 saturated heterocycles. The zero-order chi connectivity index (χ0) is 17.8. The zero-order valence-electron chi connectivity index (χ0n) is 14.9. The van der Waals surface area contributed by atoms with Gasteiger partial charge in [0.2, 0.25) is 0 Å². The minimum Gasteiger partial charge on any atom is -0.342 e. The lowest BCUT2D eigenvalue weighted by atomic mass is 9.94. The standard InChI is InChI=1S/C18H24N4O2S/c1-13-7-9-21(25(23,24)20(2)3)12-17(13)22-10-8-14-11-19-16-6-4-5-15(16)18(14)22/h4-5,8,10-11,13,17H,6-7,9,12H2,1-3H3/t13-,17+/m1/s1. The van der Waals surface area contributed by atoms with E-state index in [2.05, 4.69) is 40.9 Å². The summed E-state index contributed by atoms with van der Waals surface area (Å²) in [5.41, 5.74) is 3.47. The Morgan fingerprint density at radius 3 is 2.88 bits per heavy atom. The molecule has 0 saturated carbocycles. The molecule has 2 aromatic rings. The van der Waals surface area contributed by atoms with Crippen LogP contribution in [0.25, 0.3) is 17.0 Å². The first kappa shape index (κ1) is 16.8. The number of hydrogen-bond acceptors (Lipinski definition) is 3. The van der Waals surface area contributed by atoms with E-state index in [-0.39, 0.29) is 6.04 Å². The summed E-state index contributed by atoms with van der Waals surface area (Å²) in [5.74, 6) is 0.415. The van der Waals surface area contributed by atoms with E-state index in [0.29, 0.717) is 19.0 Å². The Balaban J connectivity index is 1.77. The number of pyridine rings is 1. The topological polar surface area (TPSA) is 58.4 Å². The molecule has 0 spiro atoms. The lowest BCUT2D eigenvalue weighted by molar-refractivity contribution is 0.198. The van der Waals surface area contributed by atoms with Gasteiger partial charge in [0, 0.05) is 56.9 Å². The van der Waals surface area contributed by atoms with Gasteiger partial charge in [0.15, 0.2) is 0 Å². The minimum atomic E-state index is -3.39. The number of allylic oxidation sites excluding steroid dienone is 1. The Hall–Kier alpha value is -1.70. The molecule has 0 bridgehead atoms. The van der Waals surface area contributed by atoms with Crippen LogP contribution in [0.3, 0.4) is 0 Å². The Bertz CT molecular complexity index is 945. The average molecular weight is 360 g/mol. The largest absolute Gasteiger partial charge is 0.342 e. The molecule has 1 aliphatic carbocycles. The summed E-state index contributed by atoms with van der Waals surface area (Å²) in [6.07, 6.45) is 10.0. The molecule has 25 heavy (non-hydrogen) atoms. The number of aromatic nitrogens is 2. The Labute approximate surface area is 148 Å². The van der Waals surface area contributed by atoms with Crippen molar-refractivity contribution >= 4 is 27.2 Å². The van der Waals surface area contributed by atoms with Crippen LogP contribution in [-0.2, 0) is 16.6 Å². The summed E-state index contributed by atoms with van der Waals surface area (Å²) in [6, 6.07) is 2.21. The Kier molecular flexibility index (Phi) is 3.97. The second-order valence-corrected chi connectivity index (χ2v) is 9.38. The van der Waals surface area contributed by atoms with Crippen molar-refractivity contribution in [2.75, 3.05) is 27.2 Å². The first-order valence-corrected chi connectivity index (χ1v) is 10.1. The van der Waals surface area contributed by atoms with Gasteiger partial charge in [-0.1, -0.05) is 19.1 Å². The molecule has 2 aromatic heterocycles. The zero-order valence-corrected chi connectivity index (χ0v) is 15.7. The number of piperidine rings is 1. The van der Waals surface area contributed by atoms with Gasteiger partial charge in [0.05, 0.1) is 17.3 Å². The molecule has 0 N–H and O–H groups in total. The summed E-state index contributed by atoms with van der Waals surface area (Å²) in [7, 11) is -0.197. The number of fused-ring (bicyclic) bond motifs is 3. The van der Waals surface area contributed by atoms with Gasteiger partial charge in [0.1, 0.15) is 0 Å². The Morgan fingerprint density at radius 2 is 2.12 bits per heavy atom. The maximum absolute atomic E-state index is 12.6. The highest BCUT2D eigenvalue weighted by molar-refractivity contribution is 7.86. The first-order chi connectivity index (χ1) is 11.9. The normalized spacial score (nSPS) is 24.3. The SMILES string of the molecule is C[C@@H]1CCN(S(=O)(=O)N(C)C)C[C@@H]1n1ccc2cnc3c(c21)C=CC3. The van der Waals surface area contributed by atoms with Crippen LogP contribution >= 0.6 is 0 Å². The van der Waals surface area contributed by atoms with Crippen LogP contribution in [0.2, 0.25) is 0 Å². The maximum atomic E-state index is 12.6. The summed E-state index contributed by atoms with van der Waals surface area (Å²) in [6.45, 7) is 3.30. The van der Waals surface area contributed by atoms with Crippen molar-refractivity contribution in [3.05, 3.63) is 35.8 Å². The molecular weight excluding hydrogens is 336 g/mol. The molecule has 1 aliphatic heterocycles. The molecule has 0 amide bonds. The van der Waals surface area contributed by atoms with Crippen LogP contribution in [0.5, 0.6) is 0 Å². The van der Waals surface area contributed by atoms with E-state index in [0.717, 1.165) is 23.9 Å². The molecule has 134 valence electrons. The van der Waals surface area contributed by atoms with Crippen molar-refractivity contribution in [2.24, 2.45) is 5.92 Å². The van der Waals surface area contributed by atoms with Gasteiger partial charge in [-0.2, -0.15) is 17.0 Å². The third-order valence-electron chi connectivity index (χ3n) is 5.49. The summed E-state index contributed by atoms with van der Waals surface area (Å²) in [5, 5.41) is 1.12. The van der Waals surface area contributed by atoms with Gasteiger partial charge < -0.3 is 4.57 Å². The average Bonchev–Trinajstić information content (AvgIpc) is 3.20. The lowest BCUT2D eigenvalue weighted by Crippen LogP contribution is -2.48. The number of rotatable bonds is 3. The summed E-state index contributed by atoms with van der Waals surface area (Å²) in [4.78, 5) is 4.55. The van der Waals surface area contributed by atoms with Crippen LogP contribution < -0.4 is 0 Å². The van der Waals surface area contributed by atoms with E-state index in [1.807, 2.05) is 6.20 Å². The van der Waals surface area contributed by atoms with Crippen molar-refractivity contribution in [3.63, 3.8) is 0 Å². The maximum Gasteiger partial charge on any atom is 0.281 e. The van der Waals surface area contributed by atoms with Gasteiger partial charge in [-0.05, 0) is 18.4 Å². The molecule has 1 fully saturated rings. The van der Waals surface area contributed by atoms with E-state index in [1.54, 1.807) is 18.4 Å². The van der Waals surface area contributed by atoms with Crippen molar-refractivity contribution in [3.8, 4) is 0 Å². The van der Waals surface area contributed by atoms with Crippen LogP contribution in [0.15, 0.2) is 24.5 Å². The van der Waals surface area contributed by atoms with E-state index in [4.69, 9.17) is 0 Å². The molecule has 0 radical (unpaired) electrons. The minimum absolute atomic E-state index is 0.126. The van der Waals surface area contributed by atoms with Crippen LogP contribution in [-0.4, -0.2) is 53.8 Å². The predicted octanol–water partition coefficient (Wildman–Crippen LogP) is 2.29. The molecule has 0 aromatic carbocycles. The highest BCUT2D eigenvalue weighted by Gasteiger charge is 2.35. The molecule has 4 rings (SSSR count). The van der Waals surface area contributed by atoms with E-state index >= 15 is 0 Å². The highest BCUT2D eigenvalue weighted by atomic mass is 32.2. The Morgan fingerprint density at radius 1 is 1.32 bits per heavy atom. The molecule has 2 atom stereocenters. The fourth-order valence-electron chi connectivity index (χ4n) is 3.94. The van der Waals surface area contributed by atoms with Gasteiger partial charge in [-0.3, -0.25) is 4.98 Å². The van der Waals surface area contributed by atoms with Crippen molar-refractivity contribution < 1.29 is 8.42 Å². The van der Waals surface area contributed by atoms with Gasteiger partial charge in [-0.25, -0.2) is 0 Å². The molecule has 3 heterocycles. The predicted molar refractivity (Wildman–Crippen MR) is 99.5 cm³/mol. The molecule has 2 aliphatic rings. The first-order valence-electron chi connectivity index (χ1n) is 8.72. The van der Waals surface area contributed by atoms with Gasteiger partial charge in [-0.15, -0.1) is 0 Å². The molecule has 7 heteroatoms. The van der Waals surface area contributed by atoms with Crippen LogP contribution in [0.4, 0.5) is 0 Å². The monoisotopic (exact) mass is 360 g/mol. The van der Waals surface area contributed by atoms with Gasteiger partial charge >= 0.3 is 0 Å². The van der Waals surface area contributed by atoms with E-state index in [1.165, 1.54) is 15.4 Å². The summed E-state index contributed by atoms with van der Waals surface area (Å²) >= 11 is 0. The molecule has 6 nitrogen and oxygen atoms in total. The van der Waals surface area contributed by atoms with Crippen LogP contribution in [0.1, 0.15) is 30.6 Å². The highest BCUT2D eigenvalue weighted by Crippen LogP contribution is 2.35. The third-order valence-corrected chi connectivity index (χ3v) is 7.40. The van der Waals surface area contributed by atoms with Crippen molar-refractivity contribution in [1.29, 1.82) is 0 Å². The quantitative estimate of drug-likeness (QED) is 0.844.